The van der Waals surface area contributed by atoms with Gasteiger partial charge in [-0.2, -0.15) is 0 Å². The monoisotopic (exact) mass is 500 g/mol. The molecule has 0 N–H and O–H groups in total. The van der Waals surface area contributed by atoms with Crippen LogP contribution in [-0.2, 0) is 17.8 Å². The van der Waals surface area contributed by atoms with Gasteiger partial charge in [0, 0.05) is 36.5 Å². The van der Waals surface area contributed by atoms with Crippen molar-refractivity contribution in [2.75, 3.05) is 14.2 Å². The Balaban J connectivity index is 1.29. The van der Waals surface area contributed by atoms with Gasteiger partial charge in [0.1, 0.15) is 5.75 Å². The van der Waals surface area contributed by atoms with E-state index in [1.54, 1.807) is 7.11 Å². The lowest BCUT2D eigenvalue weighted by atomic mass is 10.0. The van der Waals surface area contributed by atoms with Crippen LogP contribution < -0.4 is 4.74 Å². The lowest BCUT2D eigenvalue weighted by Crippen LogP contribution is -2.02. The van der Waals surface area contributed by atoms with Gasteiger partial charge in [-0.15, -0.1) is 0 Å². The maximum Gasteiger partial charge on any atom is 0.337 e. The number of carbonyl (C=O) groups is 1. The number of nitrogens with zero attached hydrogens (tertiary/aromatic N) is 2. The molecule has 0 spiro atoms. The van der Waals surface area contributed by atoms with Crippen molar-refractivity contribution < 1.29 is 14.3 Å². The summed E-state index contributed by atoms with van der Waals surface area (Å²) in [6.07, 6.45) is 4.27. The summed E-state index contributed by atoms with van der Waals surface area (Å²) >= 11 is 0. The van der Waals surface area contributed by atoms with Gasteiger partial charge in [0.2, 0.25) is 0 Å². The average Bonchev–Trinajstić information content (AvgIpc) is 3.56. The van der Waals surface area contributed by atoms with Gasteiger partial charge < -0.3 is 18.6 Å². The standard InChI is InChI=1S/C33H28N2O3/c1-37-30-13-5-24(6-14-30)22-35-18-16-26-10-12-29(20-32(26)35)28-11-9-25-15-17-34(31(25)19-28)21-23-3-7-27(8-4-23)33(36)38-2/h3-20H,21-22H2,1-2H3. The van der Waals surface area contributed by atoms with E-state index in [2.05, 4.69) is 82.2 Å². The quantitative estimate of drug-likeness (QED) is 0.219. The molecule has 6 aromatic rings. The molecule has 0 atom stereocenters. The molecule has 0 aliphatic heterocycles. The number of methoxy groups -OCH3 is 2. The molecule has 0 fully saturated rings. The number of hydrogen-bond donors (Lipinski definition) is 0. The molecule has 5 nitrogen and oxygen atoms in total. The highest BCUT2D eigenvalue weighted by Gasteiger charge is 2.09. The molecule has 2 aromatic heterocycles. The van der Waals surface area contributed by atoms with Gasteiger partial charge in [-0.25, -0.2) is 4.79 Å². The molecular formula is C33H28N2O3. The highest BCUT2D eigenvalue weighted by molar-refractivity contribution is 5.90. The van der Waals surface area contributed by atoms with Crippen LogP contribution >= 0.6 is 0 Å². The summed E-state index contributed by atoms with van der Waals surface area (Å²) in [6, 6.07) is 33.4. The first-order chi connectivity index (χ1) is 18.6. The summed E-state index contributed by atoms with van der Waals surface area (Å²) < 4.78 is 14.6. The van der Waals surface area contributed by atoms with Gasteiger partial charge in [-0.1, -0.05) is 48.5 Å². The third-order valence-corrected chi connectivity index (χ3v) is 7.12. The fourth-order valence-corrected chi connectivity index (χ4v) is 4.99. The molecule has 6 rings (SSSR count). The molecule has 4 aromatic carbocycles. The first-order valence-corrected chi connectivity index (χ1v) is 12.6. The topological polar surface area (TPSA) is 45.4 Å². The SMILES string of the molecule is COC(=O)c1ccc(Cn2ccc3ccc(-c4ccc5ccn(Cc6ccc(OC)cc6)c5c4)cc32)cc1. The van der Waals surface area contributed by atoms with Crippen molar-refractivity contribution >= 4 is 27.8 Å². The van der Waals surface area contributed by atoms with Crippen LogP contribution in [0, 0.1) is 0 Å². The second-order valence-corrected chi connectivity index (χ2v) is 9.47. The van der Waals surface area contributed by atoms with E-state index in [1.165, 1.54) is 45.6 Å². The third kappa shape index (κ3) is 4.55. The van der Waals surface area contributed by atoms with Crippen LogP contribution in [0.4, 0.5) is 0 Å². The summed E-state index contributed by atoms with van der Waals surface area (Å²) in [5.74, 6) is 0.548. The molecule has 38 heavy (non-hydrogen) atoms. The Bertz CT molecular complexity index is 1740. The maximum atomic E-state index is 11.8. The number of benzene rings is 4. The van der Waals surface area contributed by atoms with E-state index in [1.807, 2.05) is 36.4 Å². The van der Waals surface area contributed by atoms with E-state index in [0.717, 1.165) is 24.4 Å². The molecule has 0 aliphatic carbocycles. The zero-order chi connectivity index (χ0) is 26.1. The molecule has 5 heteroatoms. The molecule has 188 valence electrons. The van der Waals surface area contributed by atoms with E-state index < -0.39 is 0 Å². The first-order valence-electron chi connectivity index (χ1n) is 12.6. The van der Waals surface area contributed by atoms with Crippen LogP contribution in [-0.4, -0.2) is 29.3 Å². The van der Waals surface area contributed by atoms with Crippen molar-refractivity contribution in [2.24, 2.45) is 0 Å². The number of hydrogen-bond acceptors (Lipinski definition) is 3. The fourth-order valence-electron chi connectivity index (χ4n) is 4.99. The Hall–Kier alpha value is -4.77. The lowest BCUT2D eigenvalue weighted by molar-refractivity contribution is 0.0600. The second kappa shape index (κ2) is 9.94. The van der Waals surface area contributed by atoms with Crippen LogP contribution in [0.1, 0.15) is 21.5 Å². The number of rotatable bonds is 7. The molecule has 0 unspecified atom stereocenters. The first kappa shape index (κ1) is 23.6. The largest absolute Gasteiger partial charge is 0.497 e. The van der Waals surface area contributed by atoms with E-state index in [4.69, 9.17) is 9.47 Å². The maximum absolute atomic E-state index is 11.8. The predicted octanol–water partition coefficient (Wildman–Crippen LogP) is 7.15. The van der Waals surface area contributed by atoms with Crippen LogP contribution in [0.3, 0.4) is 0 Å². The van der Waals surface area contributed by atoms with E-state index in [-0.39, 0.29) is 5.97 Å². The molecule has 0 radical (unpaired) electrons. The zero-order valence-electron chi connectivity index (χ0n) is 21.4. The molecule has 0 amide bonds. The molecule has 0 saturated carbocycles. The lowest BCUT2D eigenvalue weighted by Gasteiger charge is -2.10. The number of aromatic nitrogens is 2. The van der Waals surface area contributed by atoms with Gasteiger partial charge in [0.05, 0.1) is 19.8 Å². The summed E-state index contributed by atoms with van der Waals surface area (Å²) in [5, 5.41) is 2.42. The minimum Gasteiger partial charge on any atom is -0.497 e. The minimum absolute atomic E-state index is 0.320. The van der Waals surface area contributed by atoms with Gasteiger partial charge in [-0.3, -0.25) is 0 Å². The van der Waals surface area contributed by atoms with Crippen molar-refractivity contribution in [3.8, 4) is 16.9 Å². The van der Waals surface area contributed by atoms with E-state index >= 15 is 0 Å². The number of esters is 1. The van der Waals surface area contributed by atoms with Crippen molar-refractivity contribution in [3.63, 3.8) is 0 Å². The second-order valence-electron chi connectivity index (χ2n) is 9.47. The third-order valence-electron chi connectivity index (χ3n) is 7.12. The Labute approximate surface area is 221 Å². The van der Waals surface area contributed by atoms with Gasteiger partial charge in [0.25, 0.3) is 0 Å². The minimum atomic E-state index is -0.320. The van der Waals surface area contributed by atoms with Gasteiger partial charge in [-0.05, 0) is 81.6 Å². The highest BCUT2D eigenvalue weighted by Crippen LogP contribution is 2.29. The van der Waals surface area contributed by atoms with Crippen molar-refractivity contribution in [1.29, 1.82) is 0 Å². The summed E-state index contributed by atoms with van der Waals surface area (Å²) in [6.45, 7) is 1.52. The molecular weight excluding hydrogens is 472 g/mol. The van der Waals surface area contributed by atoms with Crippen LogP contribution in [0.25, 0.3) is 32.9 Å². The Kier molecular flexibility index (Phi) is 6.18. The van der Waals surface area contributed by atoms with Crippen molar-refractivity contribution in [1.82, 2.24) is 9.13 Å². The molecule has 0 aliphatic rings. The Morgan fingerprint density at radius 1 is 0.632 bits per heavy atom. The van der Waals surface area contributed by atoms with E-state index in [0.29, 0.717) is 5.56 Å². The molecule has 0 bridgehead atoms. The highest BCUT2D eigenvalue weighted by atomic mass is 16.5. The Morgan fingerprint density at radius 3 is 1.61 bits per heavy atom. The predicted molar refractivity (Wildman–Crippen MR) is 152 cm³/mol. The normalized spacial score (nSPS) is 11.2. The Morgan fingerprint density at radius 2 is 1.13 bits per heavy atom. The van der Waals surface area contributed by atoms with Gasteiger partial charge in [0.15, 0.2) is 0 Å². The summed E-state index contributed by atoms with van der Waals surface area (Å²) in [7, 11) is 3.09. The van der Waals surface area contributed by atoms with Crippen LogP contribution in [0.15, 0.2) is 109 Å². The summed E-state index contributed by atoms with van der Waals surface area (Å²) in [4.78, 5) is 11.8. The van der Waals surface area contributed by atoms with E-state index in [9.17, 15) is 4.79 Å². The number of ether oxygens (including phenoxy) is 2. The van der Waals surface area contributed by atoms with Gasteiger partial charge >= 0.3 is 5.97 Å². The summed E-state index contributed by atoms with van der Waals surface area (Å²) in [5.41, 5.74) is 7.66. The zero-order valence-corrected chi connectivity index (χ0v) is 21.4. The van der Waals surface area contributed by atoms with Crippen molar-refractivity contribution in [3.05, 3.63) is 126 Å². The molecule has 0 saturated heterocycles. The fraction of sp³-hybridized carbons (Fsp3) is 0.121. The molecule has 2 heterocycles. The number of carbonyl (C=O) groups excluding carboxylic acids is 1. The van der Waals surface area contributed by atoms with Crippen molar-refractivity contribution in [2.45, 2.75) is 13.1 Å². The average molecular weight is 501 g/mol. The number of fused-ring (bicyclic) bond motifs is 2. The van der Waals surface area contributed by atoms with Crippen LogP contribution in [0.5, 0.6) is 5.75 Å². The van der Waals surface area contributed by atoms with Crippen LogP contribution in [0.2, 0.25) is 0 Å². The smallest absolute Gasteiger partial charge is 0.337 e.